The maximum Gasteiger partial charge on any atom is 0.330 e. The summed E-state index contributed by atoms with van der Waals surface area (Å²) in [7, 11) is 1.48. The molecule has 0 radical (unpaired) electrons. The molecule has 2 heterocycles. The number of hydrogen-bond donors (Lipinski definition) is 2. The smallest absolute Gasteiger partial charge is 0.330 e. The number of para-hydroxylation sites is 2. The van der Waals surface area contributed by atoms with Crippen LogP contribution in [0.4, 0.5) is 5.82 Å². The zero-order chi connectivity index (χ0) is 20.3. The fourth-order valence-electron chi connectivity index (χ4n) is 2.93. The number of nitrogen functional groups attached to an aromatic ring is 1. The van der Waals surface area contributed by atoms with E-state index >= 15 is 0 Å². The van der Waals surface area contributed by atoms with Gasteiger partial charge in [-0.25, -0.2) is 9.78 Å². The molecule has 9 nitrogen and oxygen atoms in total. The van der Waals surface area contributed by atoms with Crippen molar-refractivity contribution < 1.29 is 9.53 Å². The fourth-order valence-corrected chi connectivity index (χ4v) is 3.88. The van der Waals surface area contributed by atoms with E-state index < -0.39 is 17.0 Å². The van der Waals surface area contributed by atoms with Crippen molar-refractivity contribution in [3.63, 3.8) is 0 Å². The number of aryl methyl sites for hydroxylation is 1. The molecule has 0 bridgehead atoms. The number of thioether (sulfide) groups is 1. The van der Waals surface area contributed by atoms with Crippen LogP contribution in [0.1, 0.15) is 17.3 Å². The van der Waals surface area contributed by atoms with Gasteiger partial charge < -0.3 is 15.0 Å². The van der Waals surface area contributed by atoms with Crippen LogP contribution in [-0.2, 0) is 17.8 Å². The zero-order valence-corrected chi connectivity index (χ0v) is 16.4. The summed E-state index contributed by atoms with van der Waals surface area (Å²) in [6.45, 7) is 3.05. The van der Waals surface area contributed by atoms with E-state index in [1.807, 2.05) is 35.8 Å². The lowest BCUT2D eigenvalue weighted by molar-refractivity contribution is 0.102. The van der Waals surface area contributed by atoms with Crippen molar-refractivity contribution in [2.75, 3.05) is 25.2 Å². The summed E-state index contributed by atoms with van der Waals surface area (Å²) in [6.07, 6.45) is 0. The van der Waals surface area contributed by atoms with Gasteiger partial charge in [-0.05, 0) is 19.1 Å². The van der Waals surface area contributed by atoms with Crippen LogP contribution in [0.3, 0.4) is 0 Å². The molecule has 3 N–H and O–H groups in total. The number of aromatic nitrogens is 4. The molecule has 3 rings (SSSR count). The first kappa shape index (κ1) is 19.9. The number of carbonyl (C=O) groups is 1. The molecule has 2 aromatic heterocycles. The van der Waals surface area contributed by atoms with Gasteiger partial charge in [0.2, 0.25) is 0 Å². The highest BCUT2D eigenvalue weighted by molar-refractivity contribution is 7.99. The molecular weight excluding hydrogens is 382 g/mol. The molecule has 0 unspecified atom stereocenters. The Morgan fingerprint density at radius 2 is 2.04 bits per heavy atom. The monoisotopic (exact) mass is 403 g/mol. The SMILES string of the molecule is CCn1c(SCC(=O)c2c(N)n(CCOC)c(=O)[nH]c2=O)nc2ccccc21. The van der Waals surface area contributed by atoms with E-state index in [4.69, 9.17) is 10.5 Å². The van der Waals surface area contributed by atoms with Crippen LogP contribution in [0, 0.1) is 0 Å². The predicted octanol–water partition coefficient (Wildman–Crippen LogP) is 1.11. The Kier molecular flexibility index (Phi) is 6.00. The van der Waals surface area contributed by atoms with E-state index in [-0.39, 0.29) is 30.3 Å². The maximum atomic E-state index is 12.7. The number of fused-ring (bicyclic) bond motifs is 1. The molecule has 10 heteroatoms. The molecule has 0 aliphatic rings. The molecule has 0 amide bonds. The lowest BCUT2D eigenvalue weighted by Crippen LogP contribution is -2.37. The van der Waals surface area contributed by atoms with Crippen molar-refractivity contribution in [3.8, 4) is 0 Å². The zero-order valence-electron chi connectivity index (χ0n) is 15.6. The summed E-state index contributed by atoms with van der Waals surface area (Å²) in [5, 5.41) is 0.680. The Morgan fingerprint density at radius 3 is 2.75 bits per heavy atom. The summed E-state index contributed by atoms with van der Waals surface area (Å²) in [6, 6.07) is 7.70. The Bertz CT molecular complexity index is 1130. The number of ketones is 1. The third-order valence-corrected chi connectivity index (χ3v) is 5.28. The largest absolute Gasteiger partial charge is 0.384 e. The number of benzene rings is 1. The van der Waals surface area contributed by atoms with Crippen molar-refractivity contribution >= 4 is 34.4 Å². The maximum absolute atomic E-state index is 12.7. The van der Waals surface area contributed by atoms with Gasteiger partial charge in [-0.15, -0.1) is 0 Å². The van der Waals surface area contributed by atoms with Crippen molar-refractivity contribution in [3.05, 3.63) is 50.7 Å². The van der Waals surface area contributed by atoms with Gasteiger partial charge in [0.25, 0.3) is 5.56 Å². The second-order valence-corrected chi connectivity index (χ2v) is 6.95. The van der Waals surface area contributed by atoms with Gasteiger partial charge in [0.1, 0.15) is 11.4 Å². The van der Waals surface area contributed by atoms with Crippen molar-refractivity contribution in [1.82, 2.24) is 19.1 Å². The first-order chi connectivity index (χ1) is 13.5. The number of nitrogens with two attached hydrogens (primary N) is 1. The van der Waals surface area contributed by atoms with Crippen LogP contribution in [0.25, 0.3) is 11.0 Å². The van der Waals surface area contributed by atoms with Crippen LogP contribution in [0.2, 0.25) is 0 Å². The second kappa shape index (κ2) is 8.44. The summed E-state index contributed by atoms with van der Waals surface area (Å²) in [5.41, 5.74) is 6.09. The van der Waals surface area contributed by atoms with Gasteiger partial charge in [-0.2, -0.15) is 0 Å². The van der Waals surface area contributed by atoms with Crippen molar-refractivity contribution in [1.29, 1.82) is 0 Å². The number of Topliss-reactive ketones (excluding diaryl/α,β-unsaturated/α-hetero) is 1. The van der Waals surface area contributed by atoms with E-state index in [1.54, 1.807) is 0 Å². The highest BCUT2D eigenvalue weighted by atomic mass is 32.2. The number of nitrogens with zero attached hydrogens (tertiary/aromatic N) is 3. The van der Waals surface area contributed by atoms with Crippen molar-refractivity contribution in [2.45, 2.75) is 25.2 Å². The lowest BCUT2D eigenvalue weighted by atomic mass is 10.2. The number of hydrogen-bond acceptors (Lipinski definition) is 7. The average molecular weight is 403 g/mol. The van der Waals surface area contributed by atoms with Gasteiger partial charge in [-0.1, -0.05) is 23.9 Å². The summed E-state index contributed by atoms with van der Waals surface area (Å²) in [4.78, 5) is 43.5. The number of H-pyrrole nitrogens is 1. The quantitative estimate of drug-likeness (QED) is 0.426. The van der Waals surface area contributed by atoms with Crippen LogP contribution in [-0.4, -0.2) is 44.4 Å². The molecule has 0 saturated carbocycles. The lowest BCUT2D eigenvalue weighted by Gasteiger charge is -2.11. The fraction of sp³-hybridized carbons (Fsp3) is 0.333. The topological polar surface area (TPSA) is 125 Å². The number of ether oxygens (including phenoxy) is 1. The summed E-state index contributed by atoms with van der Waals surface area (Å²) >= 11 is 1.23. The minimum Gasteiger partial charge on any atom is -0.384 e. The number of imidazole rings is 1. The molecule has 1 aromatic carbocycles. The molecule has 0 aliphatic heterocycles. The minimum atomic E-state index is -0.786. The molecule has 0 fully saturated rings. The van der Waals surface area contributed by atoms with Gasteiger partial charge in [0.15, 0.2) is 10.9 Å². The third kappa shape index (κ3) is 3.73. The molecule has 0 aliphatic carbocycles. The van der Waals surface area contributed by atoms with Gasteiger partial charge in [0, 0.05) is 13.7 Å². The summed E-state index contributed by atoms with van der Waals surface area (Å²) < 4.78 is 8.07. The molecule has 0 atom stereocenters. The highest BCUT2D eigenvalue weighted by Crippen LogP contribution is 2.24. The molecule has 3 aromatic rings. The highest BCUT2D eigenvalue weighted by Gasteiger charge is 2.20. The second-order valence-electron chi connectivity index (χ2n) is 6.00. The third-order valence-electron chi connectivity index (χ3n) is 4.31. The number of rotatable bonds is 8. The van der Waals surface area contributed by atoms with E-state index in [0.29, 0.717) is 11.7 Å². The van der Waals surface area contributed by atoms with Gasteiger partial charge in [0.05, 0.1) is 29.9 Å². The van der Waals surface area contributed by atoms with Gasteiger partial charge in [-0.3, -0.25) is 19.1 Å². The van der Waals surface area contributed by atoms with E-state index in [0.717, 1.165) is 15.6 Å². The Morgan fingerprint density at radius 1 is 1.29 bits per heavy atom. The molecular formula is C18H21N5O4S. The standard InChI is InChI=1S/C18H21N5O4S/c1-3-22-12-7-5-4-6-11(12)20-18(22)28-10-13(24)14-15(19)23(8-9-27-2)17(26)21-16(14)25/h4-7H,3,8-10,19H2,1-2H3,(H,21,25,26). The number of carbonyl (C=O) groups excluding carboxylic acids is 1. The van der Waals surface area contributed by atoms with Crippen LogP contribution < -0.4 is 17.0 Å². The van der Waals surface area contributed by atoms with Crippen LogP contribution in [0.15, 0.2) is 39.0 Å². The minimum absolute atomic E-state index is 0.0287. The molecule has 0 saturated heterocycles. The Labute approximate surface area is 164 Å². The van der Waals surface area contributed by atoms with E-state index in [2.05, 4.69) is 9.97 Å². The predicted molar refractivity (Wildman–Crippen MR) is 108 cm³/mol. The normalized spacial score (nSPS) is 11.2. The number of anilines is 1. The van der Waals surface area contributed by atoms with Gasteiger partial charge >= 0.3 is 5.69 Å². The molecule has 0 spiro atoms. The van der Waals surface area contributed by atoms with Crippen LogP contribution in [0.5, 0.6) is 0 Å². The van der Waals surface area contributed by atoms with E-state index in [1.165, 1.54) is 18.9 Å². The molecule has 148 valence electrons. The Hall–Kier alpha value is -2.85. The van der Waals surface area contributed by atoms with Crippen molar-refractivity contribution in [2.24, 2.45) is 0 Å². The first-order valence-corrected chi connectivity index (χ1v) is 9.69. The number of nitrogens with one attached hydrogen (secondary N) is 1. The summed E-state index contributed by atoms with van der Waals surface area (Å²) in [5.74, 6) is -0.649. The first-order valence-electron chi connectivity index (χ1n) is 8.70. The van der Waals surface area contributed by atoms with Crippen LogP contribution >= 0.6 is 11.8 Å². The van der Waals surface area contributed by atoms with E-state index in [9.17, 15) is 14.4 Å². The Balaban J connectivity index is 1.88. The average Bonchev–Trinajstić information content (AvgIpc) is 3.03. The molecule has 28 heavy (non-hydrogen) atoms. The number of aromatic amines is 1. The number of methoxy groups -OCH3 is 1.